The molecule has 0 aliphatic heterocycles. The molecule has 0 fully saturated rings. The van der Waals surface area contributed by atoms with Gasteiger partial charge < -0.3 is 10.1 Å². The summed E-state index contributed by atoms with van der Waals surface area (Å²) in [7, 11) is 0. The monoisotopic (exact) mass is 377 g/mol. The molecule has 3 aromatic rings. The normalized spacial score (nSPS) is 10.7. The molecule has 4 nitrogen and oxygen atoms in total. The molecule has 0 unspecified atom stereocenters. The van der Waals surface area contributed by atoms with Crippen LogP contribution in [0, 0.1) is 12.7 Å². The molecule has 3 rings (SSSR count). The minimum atomic E-state index is -0.645. The SMILES string of the molecule is Cc1c(C(=O)OCC(=O)Nc2cc(Cl)ccc2F)sc2ccccc12. The van der Waals surface area contributed by atoms with Crippen LogP contribution in [0.5, 0.6) is 0 Å². The molecule has 7 heteroatoms. The number of hydrogen-bond donors (Lipinski definition) is 1. The van der Waals surface area contributed by atoms with Crippen LogP contribution in [0.15, 0.2) is 42.5 Å². The van der Waals surface area contributed by atoms with E-state index in [2.05, 4.69) is 5.32 Å². The van der Waals surface area contributed by atoms with E-state index in [9.17, 15) is 14.0 Å². The number of benzene rings is 2. The lowest BCUT2D eigenvalue weighted by atomic mass is 10.1. The Morgan fingerprint density at radius 1 is 1.24 bits per heavy atom. The first kappa shape index (κ1) is 17.4. The fourth-order valence-electron chi connectivity index (χ4n) is 2.35. The fraction of sp³-hybridized carbons (Fsp3) is 0.111. The van der Waals surface area contributed by atoms with Gasteiger partial charge in [-0.15, -0.1) is 11.3 Å². The van der Waals surface area contributed by atoms with Gasteiger partial charge in [-0.2, -0.15) is 0 Å². The van der Waals surface area contributed by atoms with Gasteiger partial charge in [0.25, 0.3) is 5.91 Å². The predicted molar refractivity (Wildman–Crippen MR) is 96.9 cm³/mol. The molecule has 25 heavy (non-hydrogen) atoms. The molecular formula is C18H13ClFNO3S. The Balaban J connectivity index is 1.66. The molecule has 1 amide bonds. The maximum absolute atomic E-state index is 13.6. The fourth-order valence-corrected chi connectivity index (χ4v) is 3.62. The first-order valence-corrected chi connectivity index (χ1v) is 8.55. The molecule has 128 valence electrons. The van der Waals surface area contributed by atoms with Crippen molar-refractivity contribution in [2.75, 3.05) is 11.9 Å². The van der Waals surface area contributed by atoms with E-state index in [4.69, 9.17) is 16.3 Å². The van der Waals surface area contributed by atoms with E-state index in [1.54, 1.807) is 0 Å². The Hall–Kier alpha value is -2.44. The molecule has 0 atom stereocenters. The van der Waals surface area contributed by atoms with Crippen LogP contribution in [0.1, 0.15) is 15.2 Å². The molecule has 0 spiro atoms. The van der Waals surface area contributed by atoms with Crippen molar-refractivity contribution in [1.29, 1.82) is 0 Å². The molecule has 1 N–H and O–H groups in total. The standard InChI is InChI=1S/C18H13ClFNO3S/c1-10-12-4-2-3-5-15(12)25-17(10)18(23)24-9-16(22)21-14-8-11(19)6-7-13(14)20/h2-8H,9H2,1H3,(H,21,22). The number of anilines is 1. The van der Waals surface area contributed by atoms with Crippen LogP contribution in [0.2, 0.25) is 5.02 Å². The highest BCUT2D eigenvalue weighted by Crippen LogP contribution is 2.31. The second-order valence-electron chi connectivity index (χ2n) is 5.30. The topological polar surface area (TPSA) is 55.4 Å². The van der Waals surface area contributed by atoms with Gasteiger partial charge in [0, 0.05) is 9.72 Å². The van der Waals surface area contributed by atoms with Crippen molar-refractivity contribution in [2.45, 2.75) is 6.92 Å². The summed E-state index contributed by atoms with van der Waals surface area (Å²) in [4.78, 5) is 24.5. The Bertz CT molecular complexity index is 970. The number of carbonyl (C=O) groups excluding carboxylic acids is 2. The van der Waals surface area contributed by atoms with Crippen molar-refractivity contribution in [3.63, 3.8) is 0 Å². The minimum absolute atomic E-state index is 0.0633. The number of thiophene rings is 1. The van der Waals surface area contributed by atoms with E-state index in [1.165, 1.54) is 23.5 Å². The first-order chi connectivity index (χ1) is 12.0. The van der Waals surface area contributed by atoms with Gasteiger partial charge in [0.1, 0.15) is 10.7 Å². The minimum Gasteiger partial charge on any atom is -0.451 e. The van der Waals surface area contributed by atoms with Gasteiger partial charge in [0.05, 0.1) is 5.69 Å². The average molecular weight is 378 g/mol. The maximum atomic E-state index is 13.6. The van der Waals surface area contributed by atoms with Crippen LogP contribution in [-0.4, -0.2) is 18.5 Å². The van der Waals surface area contributed by atoms with Crippen molar-refractivity contribution < 1.29 is 18.7 Å². The Morgan fingerprint density at radius 2 is 2.00 bits per heavy atom. The number of fused-ring (bicyclic) bond motifs is 1. The molecule has 0 radical (unpaired) electrons. The van der Waals surface area contributed by atoms with Crippen molar-refractivity contribution in [3.05, 3.63) is 63.7 Å². The number of nitrogens with one attached hydrogen (secondary N) is 1. The predicted octanol–water partition coefficient (Wildman–Crippen LogP) is 4.80. The van der Waals surface area contributed by atoms with E-state index in [1.807, 2.05) is 31.2 Å². The van der Waals surface area contributed by atoms with Gasteiger partial charge in [-0.1, -0.05) is 29.8 Å². The summed E-state index contributed by atoms with van der Waals surface area (Å²) in [5, 5.41) is 3.59. The van der Waals surface area contributed by atoms with Crippen LogP contribution in [0.4, 0.5) is 10.1 Å². The smallest absolute Gasteiger partial charge is 0.349 e. The number of amides is 1. The number of halogens is 2. The molecule has 0 saturated heterocycles. The second kappa shape index (κ2) is 7.21. The number of ether oxygens (including phenoxy) is 1. The van der Waals surface area contributed by atoms with Crippen LogP contribution in [-0.2, 0) is 9.53 Å². The van der Waals surface area contributed by atoms with Crippen molar-refractivity contribution in [2.24, 2.45) is 0 Å². The van der Waals surface area contributed by atoms with E-state index in [0.29, 0.717) is 4.88 Å². The van der Waals surface area contributed by atoms with E-state index >= 15 is 0 Å². The van der Waals surface area contributed by atoms with Gasteiger partial charge in [0.15, 0.2) is 6.61 Å². The second-order valence-corrected chi connectivity index (χ2v) is 6.79. The van der Waals surface area contributed by atoms with Gasteiger partial charge >= 0.3 is 5.97 Å². The van der Waals surface area contributed by atoms with Crippen molar-refractivity contribution in [3.8, 4) is 0 Å². The number of hydrogen-bond acceptors (Lipinski definition) is 4. The summed E-state index contributed by atoms with van der Waals surface area (Å²) in [5.41, 5.74) is 0.749. The lowest BCUT2D eigenvalue weighted by Gasteiger charge is -2.07. The van der Waals surface area contributed by atoms with E-state index < -0.39 is 24.3 Å². The zero-order valence-corrected chi connectivity index (χ0v) is 14.7. The molecule has 1 aromatic heterocycles. The van der Waals surface area contributed by atoms with Crippen LogP contribution >= 0.6 is 22.9 Å². The molecular weight excluding hydrogens is 365 g/mol. The quantitative estimate of drug-likeness (QED) is 0.664. The van der Waals surface area contributed by atoms with E-state index in [0.717, 1.165) is 21.7 Å². The number of rotatable bonds is 4. The average Bonchev–Trinajstić information content (AvgIpc) is 2.93. The summed E-state index contributed by atoms with van der Waals surface area (Å²) in [6, 6.07) is 11.4. The van der Waals surface area contributed by atoms with Crippen molar-refractivity contribution in [1.82, 2.24) is 0 Å². The van der Waals surface area contributed by atoms with E-state index in [-0.39, 0.29) is 10.7 Å². The molecule has 0 aliphatic carbocycles. The van der Waals surface area contributed by atoms with Gasteiger partial charge in [-0.25, -0.2) is 9.18 Å². The summed E-state index contributed by atoms with van der Waals surface area (Å²) in [6.07, 6.45) is 0. The number of aryl methyl sites for hydroxylation is 1. The van der Waals surface area contributed by atoms with Gasteiger partial charge in [0.2, 0.25) is 0 Å². The van der Waals surface area contributed by atoms with Gasteiger partial charge in [-0.3, -0.25) is 4.79 Å². The van der Waals surface area contributed by atoms with Gasteiger partial charge in [-0.05, 0) is 42.1 Å². The third kappa shape index (κ3) is 3.81. The zero-order valence-electron chi connectivity index (χ0n) is 13.1. The lowest BCUT2D eigenvalue weighted by molar-refractivity contribution is -0.119. The largest absolute Gasteiger partial charge is 0.451 e. The molecule has 0 bridgehead atoms. The highest BCUT2D eigenvalue weighted by atomic mass is 35.5. The third-order valence-corrected chi connectivity index (χ3v) is 5.05. The van der Waals surface area contributed by atoms with Crippen molar-refractivity contribution >= 4 is 50.6 Å². The van der Waals surface area contributed by atoms with Crippen LogP contribution in [0.3, 0.4) is 0 Å². The maximum Gasteiger partial charge on any atom is 0.349 e. The number of esters is 1. The van der Waals surface area contributed by atoms with Crippen LogP contribution in [0.25, 0.3) is 10.1 Å². The van der Waals surface area contributed by atoms with Crippen LogP contribution < -0.4 is 5.32 Å². The summed E-state index contributed by atoms with van der Waals surface area (Å²) < 4.78 is 19.6. The highest BCUT2D eigenvalue weighted by molar-refractivity contribution is 7.21. The summed E-state index contributed by atoms with van der Waals surface area (Å²) in [5.74, 6) is -1.85. The Kier molecular flexibility index (Phi) is 5.01. The number of carbonyl (C=O) groups is 2. The molecule has 2 aromatic carbocycles. The highest BCUT2D eigenvalue weighted by Gasteiger charge is 2.18. The molecule has 0 saturated carbocycles. The summed E-state index contributed by atoms with van der Waals surface area (Å²) in [6.45, 7) is 1.31. The Labute approximate surface area is 152 Å². The first-order valence-electron chi connectivity index (χ1n) is 7.36. The third-order valence-electron chi connectivity index (χ3n) is 3.57. The summed E-state index contributed by atoms with van der Waals surface area (Å²) >= 11 is 7.07. The molecule has 1 heterocycles. The Morgan fingerprint density at radius 3 is 2.76 bits per heavy atom. The molecule has 0 aliphatic rings. The lowest BCUT2D eigenvalue weighted by Crippen LogP contribution is -2.21. The zero-order chi connectivity index (χ0) is 18.0.